The molecule has 2 saturated carbocycles. The highest BCUT2D eigenvalue weighted by Gasteiger charge is 2.47. The van der Waals surface area contributed by atoms with E-state index in [4.69, 9.17) is 10.9 Å². The van der Waals surface area contributed by atoms with Crippen molar-refractivity contribution in [1.82, 2.24) is 4.90 Å². The Balaban J connectivity index is 2.19. The molecular weight excluding hydrogens is 242 g/mol. The predicted octanol–water partition coefficient (Wildman–Crippen LogP) is 1.94. The number of nitrogens with zero attached hydrogens (tertiary/aromatic N) is 2. The lowest BCUT2D eigenvalue weighted by Crippen LogP contribution is -2.53. The van der Waals surface area contributed by atoms with Gasteiger partial charge < -0.3 is 15.8 Å². The van der Waals surface area contributed by atoms with Gasteiger partial charge in [-0.15, -0.1) is 0 Å². The third-order valence-corrected chi connectivity index (χ3v) is 4.95. The van der Waals surface area contributed by atoms with E-state index < -0.39 is 5.41 Å². The van der Waals surface area contributed by atoms with Crippen molar-refractivity contribution < 1.29 is 10.0 Å². The molecule has 3 N–H and O–H groups in total. The molecule has 1 amide bonds. The van der Waals surface area contributed by atoms with E-state index in [0.29, 0.717) is 18.8 Å². The summed E-state index contributed by atoms with van der Waals surface area (Å²) >= 11 is 0. The number of hydrogen-bond donors (Lipinski definition) is 2. The molecule has 0 bridgehead atoms. The Bertz CT molecular complexity index is 371. The monoisotopic (exact) mass is 267 g/mol. The summed E-state index contributed by atoms with van der Waals surface area (Å²) in [6, 6.07) is 0.248. The molecule has 1 atom stereocenters. The van der Waals surface area contributed by atoms with Gasteiger partial charge in [-0.1, -0.05) is 24.4 Å². The second kappa shape index (κ2) is 5.39. The van der Waals surface area contributed by atoms with Crippen molar-refractivity contribution in [2.24, 2.45) is 22.2 Å². The van der Waals surface area contributed by atoms with E-state index in [1.165, 1.54) is 12.8 Å². The third-order valence-electron chi connectivity index (χ3n) is 4.95. The van der Waals surface area contributed by atoms with Gasteiger partial charge in [-0.25, -0.2) is 0 Å². The fourth-order valence-corrected chi connectivity index (χ4v) is 3.25. The van der Waals surface area contributed by atoms with Crippen LogP contribution in [0.2, 0.25) is 0 Å². The molecule has 0 heterocycles. The van der Waals surface area contributed by atoms with Crippen molar-refractivity contribution in [2.45, 2.75) is 57.9 Å². The molecule has 0 saturated heterocycles. The zero-order valence-corrected chi connectivity index (χ0v) is 11.9. The van der Waals surface area contributed by atoms with Crippen molar-refractivity contribution in [3.8, 4) is 0 Å². The molecule has 0 aromatic rings. The molecule has 0 radical (unpaired) electrons. The summed E-state index contributed by atoms with van der Waals surface area (Å²) in [6.45, 7) is 2.10. The summed E-state index contributed by atoms with van der Waals surface area (Å²) in [6.07, 6.45) is 6.86. The van der Waals surface area contributed by atoms with Gasteiger partial charge in [-0.05, 0) is 38.5 Å². The molecule has 108 valence electrons. The van der Waals surface area contributed by atoms with E-state index in [1.54, 1.807) is 0 Å². The Morgan fingerprint density at radius 3 is 2.42 bits per heavy atom. The van der Waals surface area contributed by atoms with Gasteiger partial charge in [0.2, 0.25) is 5.91 Å². The van der Waals surface area contributed by atoms with Crippen LogP contribution in [0, 0.1) is 11.3 Å². The minimum Gasteiger partial charge on any atom is -0.409 e. The standard InChI is InChI=1S/C14H25N3O2/c1-10(11-6-7-11)17(2)13(18)14(12(15)16-19)8-4-3-5-9-14/h10-11,19H,3-9H2,1-2H3,(H2,15,16). The lowest BCUT2D eigenvalue weighted by molar-refractivity contribution is -0.140. The summed E-state index contributed by atoms with van der Waals surface area (Å²) in [5, 5.41) is 12.2. The van der Waals surface area contributed by atoms with Crippen LogP contribution in [-0.2, 0) is 4.79 Å². The Morgan fingerprint density at radius 1 is 1.37 bits per heavy atom. The van der Waals surface area contributed by atoms with Gasteiger partial charge in [-0.2, -0.15) is 0 Å². The van der Waals surface area contributed by atoms with Crippen molar-refractivity contribution in [3.63, 3.8) is 0 Å². The first-order valence-corrected chi connectivity index (χ1v) is 7.28. The van der Waals surface area contributed by atoms with E-state index in [9.17, 15) is 4.79 Å². The number of amides is 1. The van der Waals surface area contributed by atoms with Crippen LogP contribution in [0.4, 0.5) is 0 Å². The van der Waals surface area contributed by atoms with Gasteiger partial charge in [0.25, 0.3) is 0 Å². The first-order chi connectivity index (χ1) is 9.03. The molecule has 0 aromatic carbocycles. The van der Waals surface area contributed by atoms with E-state index >= 15 is 0 Å². The molecule has 19 heavy (non-hydrogen) atoms. The van der Waals surface area contributed by atoms with Crippen LogP contribution in [0.25, 0.3) is 0 Å². The van der Waals surface area contributed by atoms with Crippen molar-refractivity contribution in [1.29, 1.82) is 0 Å². The first-order valence-electron chi connectivity index (χ1n) is 7.28. The summed E-state index contributed by atoms with van der Waals surface area (Å²) in [7, 11) is 1.85. The maximum Gasteiger partial charge on any atom is 0.236 e. The van der Waals surface area contributed by atoms with Crippen molar-refractivity contribution in [2.75, 3.05) is 7.05 Å². The average molecular weight is 267 g/mol. The van der Waals surface area contributed by atoms with Gasteiger partial charge in [0.05, 0.1) is 0 Å². The largest absolute Gasteiger partial charge is 0.409 e. The highest BCUT2D eigenvalue weighted by molar-refractivity contribution is 6.06. The number of nitrogens with two attached hydrogens (primary N) is 1. The van der Waals surface area contributed by atoms with E-state index in [0.717, 1.165) is 19.3 Å². The number of hydrogen-bond acceptors (Lipinski definition) is 3. The average Bonchev–Trinajstić information content (AvgIpc) is 3.29. The van der Waals surface area contributed by atoms with Gasteiger partial charge in [-0.3, -0.25) is 4.79 Å². The zero-order valence-electron chi connectivity index (χ0n) is 11.9. The molecule has 5 nitrogen and oxygen atoms in total. The van der Waals surface area contributed by atoms with Gasteiger partial charge in [0.15, 0.2) is 5.84 Å². The highest BCUT2D eigenvalue weighted by atomic mass is 16.4. The number of carbonyl (C=O) groups excluding carboxylic acids is 1. The fraction of sp³-hybridized carbons (Fsp3) is 0.857. The molecule has 1 unspecified atom stereocenters. The van der Waals surface area contributed by atoms with Crippen LogP contribution >= 0.6 is 0 Å². The zero-order chi connectivity index (χ0) is 14.0. The first kappa shape index (κ1) is 14.2. The lowest BCUT2D eigenvalue weighted by atomic mass is 9.72. The van der Waals surface area contributed by atoms with Crippen LogP contribution in [0.5, 0.6) is 0 Å². The molecule has 2 aliphatic rings. The quantitative estimate of drug-likeness (QED) is 0.353. The Morgan fingerprint density at radius 2 is 1.95 bits per heavy atom. The van der Waals surface area contributed by atoms with Crippen molar-refractivity contribution in [3.05, 3.63) is 0 Å². The third kappa shape index (κ3) is 2.55. The maximum atomic E-state index is 12.8. The van der Waals surface area contributed by atoms with Crippen LogP contribution in [0.15, 0.2) is 5.16 Å². The SMILES string of the molecule is CC(C1CC1)N(C)C(=O)C1(C(N)=NO)CCCCC1. The molecule has 2 aliphatic carbocycles. The number of carbonyl (C=O) groups is 1. The minimum atomic E-state index is -0.773. The molecule has 5 heteroatoms. The van der Waals surface area contributed by atoms with Crippen LogP contribution in [0.1, 0.15) is 51.9 Å². The number of amidine groups is 1. The molecule has 2 fully saturated rings. The molecule has 2 rings (SSSR count). The summed E-state index contributed by atoms with van der Waals surface area (Å²) in [4.78, 5) is 14.7. The molecule has 0 aromatic heterocycles. The second-order valence-corrected chi connectivity index (χ2v) is 6.12. The maximum absolute atomic E-state index is 12.8. The van der Waals surface area contributed by atoms with Crippen LogP contribution < -0.4 is 5.73 Å². The molecule has 0 aliphatic heterocycles. The molecular formula is C14H25N3O2. The highest BCUT2D eigenvalue weighted by Crippen LogP contribution is 2.41. The normalized spacial score (nSPS) is 24.8. The Labute approximate surface area is 114 Å². The summed E-state index contributed by atoms with van der Waals surface area (Å²) in [5.74, 6) is 0.746. The second-order valence-electron chi connectivity index (χ2n) is 6.12. The number of rotatable bonds is 4. The fourth-order valence-electron chi connectivity index (χ4n) is 3.25. The summed E-state index contributed by atoms with van der Waals surface area (Å²) < 4.78 is 0. The van der Waals surface area contributed by atoms with Gasteiger partial charge >= 0.3 is 0 Å². The molecule has 0 spiro atoms. The Hall–Kier alpha value is -1.26. The van der Waals surface area contributed by atoms with E-state index in [2.05, 4.69) is 12.1 Å². The summed E-state index contributed by atoms with van der Waals surface area (Å²) in [5.41, 5.74) is 5.09. The Kier molecular flexibility index (Phi) is 4.02. The van der Waals surface area contributed by atoms with Gasteiger partial charge in [0.1, 0.15) is 5.41 Å². The topological polar surface area (TPSA) is 78.9 Å². The van der Waals surface area contributed by atoms with E-state index in [1.807, 2.05) is 11.9 Å². The number of oxime groups is 1. The van der Waals surface area contributed by atoms with Gasteiger partial charge in [0, 0.05) is 13.1 Å². The lowest BCUT2D eigenvalue weighted by Gasteiger charge is -2.39. The predicted molar refractivity (Wildman–Crippen MR) is 73.9 cm³/mol. The minimum absolute atomic E-state index is 0.0295. The van der Waals surface area contributed by atoms with Crippen molar-refractivity contribution >= 4 is 11.7 Å². The van der Waals surface area contributed by atoms with Crippen LogP contribution in [0.3, 0.4) is 0 Å². The van der Waals surface area contributed by atoms with E-state index in [-0.39, 0.29) is 17.8 Å². The smallest absolute Gasteiger partial charge is 0.236 e. The van der Waals surface area contributed by atoms with Crippen LogP contribution in [-0.4, -0.2) is 34.9 Å².